The Morgan fingerprint density at radius 2 is 1.80 bits per heavy atom. The van der Waals surface area contributed by atoms with Gasteiger partial charge in [-0.1, -0.05) is 40.3 Å². The lowest BCUT2D eigenvalue weighted by Gasteiger charge is -2.10. The molecule has 2 nitrogen and oxygen atoms in total. The Kier molecular flexibility index (Phi) is 5.12. The number of rotatable bonds is 4. The molecule has 0 atom stereocenters. The van der Waals surface area contributed by atoms with E-state index in [9.17, 15) is 4.39 Å². The van der Waals surface area contributed by atoms with E-state index in [1.54, 1.807) is 6.07 Å². The molecule has 0 spiro atoms. The predicted octanol–water partition coefficient (Wildman–Crippen LogP) is 4.56. The van der Waals surface area contributed by atoms with E-state index in [1.165, 1.54) is 6.07 Å². The maximum atomic E-state index is 14.1. The molecular weight excluding hydrogens is 409 g/mol. The average molecular weight is 419 g/mol. The summed E-state index contributed by atoms with van der Waals surface area (Å²) in [5.74, 6) is -0.354. The van der Waals surface area contributed by atoms with Gasteiger partial charge in [0, 0.05) is 10.0 Å². The lowest BCUT2D eigenvalue weighted by Crippen LogP contribution is -2.11. The van der Waals surface area contributed by atoms with Crippen molar-refractivity contribution in [1.82, 2.24) is 0 Å². The van der Waals surface area contributed by atoms with Gasteiger partial charge in [0.05, 0.1) is 4.47 Å². The second kappa shape index (κ2) is 6.65. The van der Waals surface area contributed by atoms with Crippen LogP contribution in [0.2, 0.25) is 0 Å². The zero-order valence-electron chi connectivity index (χ0n) is 10.2. The predicted molar refractivity (Wildman–Crippen MR) is 88.5 cm³/mol. The number of benzene rings is 2. The topological polar surface area (TPSA) is 35.2 Å². The lowest BCUT2D eigenvalue weighted by atomic mass is 10.2. The van der Waals surface area contributed by atoms with Gasteiger partial charge in [0.25, 0.3) is 0 Å². The highest BCUT2D eigenvalue weighted by Crippen LogP contribution is 2.29. The summed E-state index contributed by atoms with van der Waals surface area (Å²) >= 11 is 11.3. The van der Waals surface area contributed by atoms with E-state index in [-0.39, 0.29) is 21.8 Å². The summed E-state index contributed by atoms with van der Waals surface area (Å²) in [6, 6.07) is 10.8. The summed E-state index contributed by atoms with van der Waals surface area (Å²) in [5, 5.41) is 0. The minimum Gasteiger partial charge on any atom is -0.486 e. The Balaban J connectivity index is 2.16. The quantitative estimate of drug-likeness (QED) is 0.739. The fourth-order valence-corrected chi connectivity index (χ4v) is 2.68. The molecule has 104 valence electrons. The fourth-order valence-electron chi connectivity index (χ4n) is 1.58. The zero-order valence-corrected chi connectivity index (χ0v) is 14.2. The second-order valence-corrected chi connectivity index (χ2v) is 6.17. The van der Waals surface area contributed by atoms with Crippen LogP contribution in [-0.4, -0.2) is 4.99 Å². The van der Waals surface area contributed by atoms with E-state index in [4.69, 9.17) is 22.7 Å². The summed E-state index contributed by atoms with van der Waals surface area (Å²) in [4.78, 5) is 0.134. The van der Waals surface area contributed by atoms with Crippen molar-refractivity contribution in [3.8, 4) is 5.75 Å². The van der Waals surface area contributed by atoms with Crippen LogP contribution in [0.1, 0.15) is 11.1 Å². The van der Waals surface area contributed by atoms with Gasteiger partial charge in [-0.25, -0.2) is 4.39 Å². The first-order chi connectivity index (χ1) is 9.49. The Labute approximate surface area is 138 Å². The van der Waals surface area contributed by atoms with Gasteiger partial charge in [-0.2, -0.15) is 0 Å². The lowest BCUT2D eigenvalue weighted by molar-refractivity contribution is 0.289. The zero-order chi connectivity index (χ0) is 14.7. The molecule has 0 bridgehead atoms. The van der Waals surface area contributed by atoms with Crippen molar-refractivity contribution in [3.05, 3.63) is 62.3 Å². The van der Waals surface area contributed by atoms with Crippen molar-refractivity contribution in [1.29, 1.82) is 0 Å². The molecule has 0 aromatic heterocycles. The molecule has 2 rings (SSSR count). The van der Waals surface area contributed by atoms with Gasteiger partial charge < -0.3 is 10.5 Å². The molecule has 0 aliphatic rings. The molecule has 0 heterocycles. The van der Waals surface area contributed by atoms with Crippen molar-refractivity contribution in [2.45, 2.75) is 6.61 Å². The molecular formula is C14H10Br2FNOS. The van der Waals surface area contributed by atoms with Crippen LogP contribution in [0.5, 0.6) is 5.75 Å². The molecule has 0 amide bonds. The highest BCUT2D eigenvalue weighted by molar-refractivity contribution is 9.10. The summed E-state index contributed by atoms with van der Waals surface area (Å²) in [6.45, 7) is 0.281. The van der Waals surface area contributed by atoms with Crippen molar-refractivity contribution in [2.24, 2.45) is 5.73 Å². The third-order valence-electron chi connectivity index (χ3n) is 2.62. The highest BCUT2D eigenvalue weighted by atomic mass is 79.9. The molecule has 0 saturated carbocycles. The molecule has 0 unspecified atom stereocenters. The first-order valence-electron chi connectivity index (χ1n) is 5.64. The molecule has 0 fully saturated rings. The van der Waals surface area contributed by atoms with E-state index in [1.807, 2.05) is 24.3 Å². The van der Waals surface area contributed by atoms with Crippen LogP contribution >= 0.6 is 44.1 Å². The molecule has 20 heavy (non-hydrogen) atoms. The molecule has 0 aliphatic heterocycles. The van der Waals surface area contributed by atoms with Crippen LogP contribution < -0.4 is 10.5 Å². The van der Waals surface area contributed by atoms with Crippen molar-refractivity contribution < 1.29 is 9.13 Å². The minimum absolute atomic E-state index is 0.134. The first kappa shape index (κ1) is 15.4. The van der Waals surface area contributed by atoms with Crippen LogP contribution in [0.4, 0.5) is 4.39 Å². The number of thiocarbonyl (C=S) groups is 1. The van der Waals surface area contributed by atoms with Gasteiger partial charge in [-0.3, -0.25) is 0 Å². The monoisotopic (exact) mass is 417 g/mol. The van der Waals surface area contributed by atoms with Gasteiger partial charge in [0.15, 0.2) is 11.6 Å². The minimum atomic E-state index is -0.507. The standard InChI is InChI=1S/C14H10Br2FNOS/c15-9-3-1-8(2-4-9)7-19-11-6-5-10(14(18)20)12(16)13(11)17/h1-6H,7H2,(H2,18,20). The van der Waals surface area contributed by atoms with Gasteiger partial charge in [-0.05, 0) is 45.8 Å². The second-order valence-electron chi connectivity index (χ2n) is 4.02. The Morgan fingerprint density at radius 1 is 1.15 bits per heavy atom. The number of nitrogens with two attached hydrogens (primary N) is 1. The van der Waals surface area contributed by atoms with Crippen LogP contribution in [0.3, 0.4) is 0 Å². The van der Waals surface area contributed by atoms with E-state index < -0.39 is 5.82 Å². The van der Waals surface area contributed by atoms with Gasteiger partial charge >= 0.3 is 0 Å². The van der Waals surface area contributed by atoms with Gasteiger partial charge in [0.1, 0.15) is 11.6 Å². The van der Waals surface area contributed by atoms with Crippen LogP contribution in [0.25, 0.3) is 0 Å². The average Bonchev–Trinajstić information content (AvgIpc) is 2.42. The SMILES string of the molecule is NC(=S)c1ccc(OCc2ccc(Br)cc2)c(F)c1Br. The molecule has 0 saturated heterocycles. The molecule has 0 aliphatic carbocycles. The van der Waals surface area contributed by atoms with Crippen molar-refractivity contribution >= 4 is 49.1 Å². The number of hydrogen-bond acceptors (Lipinski definition) is 2. The van der Waals surface area contributed by atoms with E-state index in [0.29, 0.717) is 5.56 Å². The third kappa shape index (κ3) is 3.56. The Morgan fingerprint density at radius 3 is 2.40 bits per heavy atom. The summed E-state index contributed by atoms with van der Waals surface area (Å²) < 4.78 is 20.8. The summed E-state index contributed by atoms with van der Waals surface area (Å²) in [5.41, 5.74) is 6.90. The Hall–Kier alpha value is -0.980. The number of hydrogen-bond donors (Lipinski definition) is 1. The molecule has 6 heteroatoms. The number of ether oxygens (including phenoxy) is 1. The van der Waals surface area contributed by atoms with Gasteiger partial charge in [-0.15, -0.1) is 0 Å². The molecule has 2 aromatic carbocycles. The maximum Gasteiger partial charge on any atom is 0.179 e. The maximum absolute atomic E-state index is 14.1. The third-order valence-corrected chi connectivity index (χ3v) is 4.14. The fraction of sp³-hybridized carbons (Fsp3) is 0.0714. The Bertz CT molecular complexity index is 646. The van der Waals surface area contributed by atoms with Crippen molar-refractivity contribution in [2.75, 3.05) is 0 Å². The van der Waals surface area contributed by atoms with Crippen LogP contribution in [-0.2, 0) is 6.61 Å². The van der Waals surface area contributed by atoms with Crippen LogP contribution in [0, 0.1) is 5.82 Å². The van der Waals surface area contributed by atoms with E-state index >= 15 is 0 Å². The number of halogens is 3. The van der Waals surface area contributed by atoms with Crippen LogP contribution in [0.15, 0.2) is 45.3 Å². The molecule has 2 N–H and O–H groups in total. The largest absolute Gasteiger partial charge is 0.486 e. The first-order valence-corrected chi connectivity index (χ1v) is 7.63. The molecule has 0 radical (unpaired) electrons. The van der Waals surface area contributed by atoms with Gasteiger partial charge in [0.2, 0.25) is 0 Å². The van der Waals surface area contributed by atoms with E-state index in [0.717, 1.165) is 10.0 Å². The smallest absolute Gasteiger partial charge is 0.179 e. The summed E-state index contributed by atoms with van der Waals surface area (Å²) in [6.07, 6.45) is 0. The van der Waals surface area contributed by atoms with Crippen molar-refractivity contribution in [3.63, 3.8) is 0 Å². The normalized spacial score (nSPS) is 10.3. The summed E-state index contributed by atoms with van der Waals surface area (Å²) in [7, 11) is 0. The molecule has 2 aromatic rings. The highest BCUT2D eigenvalue weighted by Gasteiger charge is 2.13. The van der Waals surface area contributed by atoms with E-state index in [2.05, 4.69) is 31.9 Å².